The van der Waals surface area contributed by atoms with Crippen molar-refractivity contribution in [3.05, 3.63) is 65.9 Å². The molecule has 2 aromatic carbocycles. The van der Waals surface area contributed by atoms with Gasteiger partial charge in [0.25, 0.3) is 0 Å². The zero-order chi connectivity index (χ0) is 24.8. The number of carboxylic acids is 1. The van der Waals surface area contributed by atoms with Crippen molar-refractivity contribution >= 4 is 45.3 Å². The predicted molar refractivity (Wildman–Crippen MR) is 140 cm³/mol. The summed E-state index contributed by atoms with van der Waals surface area (Å²) in [6.07, 6.45) is 4.02. The van der Waals surface area contributed by atoms with E-state index in [1.165, 1.54) is 6.33 Å². The number of aromatic nitrogens is 5. The number of hydrogen-bond acceptors (Lipinski definition) is 6. The molecule has 3 heterocycles. The van der Waals surface area contributed by atoms with E-state index in [0.717, 1.165) is 22.2 Å². The lowest BCUT2D eigenvalue weighted by atomic mass is 9.86. The van der Waals surface area contributed by atoms with Gasteiger partial charge in [0.2, 0.25) is 0 Å². The smallest absolute Gasteiger partial charge is 0.306 e. The van der Waals surface area contributed by atoms with Gasteiger partial charge in [0, 0.05) is 16.5 Å². The zero-order valence-corrected chi connectivity index (χ0v) is 20.1. The SMILES string of the molecule is Nc1ncnc2c1c(-c1cc3nc(-c4ccccc4)ccc3cc1Cl)nn2C1CCC(C(=O)O)CC1. The van der Waals surface area contributed by atoms with Crippen molar-refractivity contribution in [3.63, 3.8) is 0 Å². The van der Waals surface area contributed by atoms with Crippen LogP contribution >= 0.6 is 11.6 Å². The number of fused-ring (bicyclic) bond motifs is 2. The van der Waals surface area contributed by atoms with E-state index in [1.807, 2.05) is 59.3 Å². The molecule has 1 aliphatic rings. The first-order valence-electron chi connectivity index (χ1n) is 11.9. The topological polar surface area (TPSA) is 120 Å². The summed E-state index contributed by atoms with van der Waals surface area (Å²) < 4.78 is 1.87. The number of pyridine rings is 1. The van der Waals surface area contributed by atoms with Gasteiger partial charge >= 0.3 is 5.97 Å². The molecule has 0 amide bonds. The van der Waals surface area contributed by atoms with E-state index in [0.29, 0.717) is 58.8 Å². The maximum atomic E-state index is 11.4. The third-order valence-electron chi connectivity index (χ3n) is 7.01. The standard InChI is InChI=1S/C27H23ClN6O2/c28-20-12-17-8-11-21(15-4-2-1-3-5-15)32-22(17)13-19(20)24-23-25(29)30-14-31-26(23)34(33-24)18-9-6-16(7-10-18)27(35)36/h1-5,8,11-14,16,18H,6-7,9-10H2,(H,35,36)(H2,29,30,31). The molecule has 0 atom stereocenters. The van der Waals surface area contributed by atoms with Crippen molar-refractivity contribution < 1.29 is 9.90 Å². The van der Waals surface area contributed by atoms with Crippen molar-refractivity contribution in [1.29, 1.82) is 0 Å². The molecule has 0 saturated heterocycles. The van der Waals surface area contributed by atoms with Crippen molar-refractivity contribution in [1.82, 2.24) is 24.7 Å². The average molecular weight is 499 g/mol. The van der Waals surface area contributed by atoms with Crippen molar-refractivity contribution in [3.8, 4) is 22.5 Å². The summed E-state index contributed by atoms with van der Waals surface area (Å²) in [6.45, 7) is 0. The van der Waals surface area contributed by atoms with Crippen LogP contribution in [0.5, 0.6) is 0 Å². The Balaban J connectivity index is 1.48. The van der Waals surface area contributed by atoms with E-state index in [9.17, 15) is 9.90 Å². The van der Waals surface area contributed by atoms with Gasteiger partial charge in [0.1, 0.15) is 17.8 Å². The van der Waals surface area contributed by atoms with Gasteiger partial charge in [0.15, 0.2) is 5.65 Å². The summed E-state index contributed by atoms with van der Waals surface area (Å²) in [5, 5.41) is 16.4. The number of aliphatic carboxylic acids is 1. The number of hydrogen-bond donors (Lipinski definition) is 2. The Labute approximate surface area is 211 Å². The van der Waals surface area contributed by atoms with E-state index >= 15 is 0 Å². The summed E-state index contributed by atoms with van der Waals surface area (Å²) in [5.74, 6) is -0.735. The molecule has 1 aliphatic carbocycles. The van der Waals surface area contributed by atoms with E-state index in [4.69, 9.17) is 27.4 Å². The number of halogens is 1. The lowest BCUT2D eigenvalue weighted by Gasteiger charge is -2.26. The van der Waals surface area contributed by atoms with E-state index in [-0.39, 0.29) is 12.0 Å². The highest BCUT2D eigenvalue weighted by molar-refractivity contribution is 6.34. The number of carbonyl (C=O) groups is 1. The van der Waals surface area contributed by atoms with E-state index in [1.54, 1.807) is 0 Å². The van der Waals surface area contributed by atoms with E-state index in [2.05, 4.69) is 9.97 Å². The summed E-state index contributed by atoms with van der Waals surface area (Å²) >= 11 is 6.77. The van der Waals surface area contributed by atoms with Gasteiger partial charge in [-0.25, -0.2) is 19.6 Å². The Morgan fingerprint density at radius 1 is 1.03 bits per heavy atom. The largest absolute Gasteiger partial charge is 0.481 e. The quantitative estimate of drug-likeness (QED) is 0.323. The second-order valence-corrected chi connectivity index (χ2v) is 9.59. The van der Waals surface area contributed by atoms with Crippen LogP contribution in [-0.4, -0.2) is 35.8 Å². The molecule has 3 N–H and O–H groups in total. The third-order valence-corrected chi connectivity index (χ3v) is 7.33. The lowest BCUT2D eigenvalue weighted by molar-refractivity contribution is -0.143. The van der Waals surface area contributed by atoms with Crippen LogP contribution in [0.25, 0.3) is 44.5 Å². The molecule has 0 unspecified atom stereocenters. The first-order chi connectivity index (χ1) is 17.5. The van der Waals surface area contributed by atoms with Crippen LogP contribution in [0.3, 0.4) is 0 Å². The predicted octanol–water partition coefficient (Wildman–Crippen LogP) is 5.76. The zero-order valence-electron chi connectivity index (χ0n) is 19.3. The van der Waals surface area contributed by atoms with Crippen molar-refractivity contribution in [2.45, 2.75) is 31.7 Å². The molecular formula is C27H23ClN6O2. The number of carboxylic acid groups (broad SMARTS) is 1. The highest BCUT2D eigenvalue weighted by atomic mass is 35.5. The number of nitrogens with zero attached hydrogens (tertiary/aromatic N) is 5. The molecule has 180 valence electrons. The molecule has 0 bridgehead atoms. The van der Waals surface area contributed by atoms with Gasteiger partial charge in [-0.2, -0.15) is 5.10 Å². The molecule has 8 nitrogen and oxygen atoms in total. The van der Waals surface area contributed by atoms with Crippen LogP contribution in [0.15, 0.2) is 60.9 Å². The second-order valence-electron chi connectivity index (χ2n) is 9.18. The molecule has 3 aromatic heterocycles. The van der Waals surface area contributed by atoms with E-state index < -0.39 is 5.97 Å². The Bertz CT molecular complexity index is 1610. The van der Waals surface area contributed by atoms with Crippen LogP contribution in [0.4, 0.5) is 5.82 Å². The van der Waals surface area contributed by atoms with Gasteiger partial charge in [-0.05, 0) is 43.9 Å². The molecule has 6 rings (SSSR count). The van der Waals surface area contributed by atoms with Gasteiger partial charge < -0.3 is 10.8 Å². The number of benzene rings is 2. The average Bonchev–Trinajstić information content (AvgIpc) is 3.29. The highest BCUT2D eigenvalue weighted by Crippen LogP contribution is 2.40. The van der Waals surface area contributed by atoms with Crippen LogP contribution in [0, 0.1) is 5.92 Å². The van der Waals surface area contributed by atoms with Gasteiger partial charge in [-0.15, -0.1) is 0 Å². The Hall–Kier alpha value is -4.04. The Kier molecular flexibility index (Phi) is 5.53. The molecular weight excluding hydrogens is 476 g/mol. The first kappa shape index (κ1) is 22.4. The molecule has 1 fully saturated rings. The monoisotopic (exact) mass is 498 g/mol. The maximum absolute atomic E-state index is 11.4. The number of nitrogens with two attached hydrogens (primary N) is 1. The van der Waals surface area contributed by atoms with Crippen molar-refractivity contribution in [2.75, 3.05) is 5.73 Å². The first-order valence-corrected chi connectivity index (χ1v) is 12.2. The second kappa shape index (κ2) is 8.87. The molecule has 36 heavy (non-hydrogen) atoms. The molecule has 5 aromatic rings. The third kappa shape index (κ3) is 3.83. The minimum Gasteiger partial charge on any atom is -0.481 e. The van der Waals surface area contributed by atoms with Crippen LogP contribution in [0.2, 0.25) is 5.02 Å². The fraction of sp³-hybridized carbons (Fsp3) is 0.222. The molecule has 0 aliphatic heterocycles. The fourth-order valence-corrected chi connectivity index (χ4v) is 5.36. The molecule has 0 spiro atoms. The normalized spacial score (nSPS) is 18.0. The van der Waals surface area contributed by atoms with Crippen LogP contribution in [-0.2, 0) is 4.79 Å². The Morgan fingerprint density at radius 2 is 1.81 bits per heavy atom. The summed E-state index contributed by atoms with van der Waals surface area (Å²) in [4.78, 5) is 25.0. The minimum absolute atomic E-state index is 0.0215. The number of nitrogen functional groups attached to an aromatic ring is 1. The molecule has 9 heteroatoms. The number of anilines is 1. The van der Waals surface area contributed by atoms with Gasteiger partial charge in [0.05, 0.1) is 33.6 Å². The van der Waals surface area contributed by atoms with Gasteiger partial charge in [-0.3, -0.25) is 4.79 Å². The molecule has 0 radical (unpaired) electrons. The summed E-state index contributed by atoms with van der Waals surface area (Å²) in [5.41, 5.74) is 10.9. The summed E-state index contributed by atoms with van der Waals surface area (Å²) in [6, 6.07) is 17.8. The maximum Gasteiger partial charge on any atom is 0.306 e. The number of rotatable bonds is 4. The minimum atomic E-state index is -0.739. The van der Waals surface area contributed by atoms with Crippen LogP contribution in [0.1, 0.15) is 31.7 Å². The Morgan fingerprint density at radius 3 is 2.56 bits per heavy atom. The van der Waals surface area contributed by atoms with Crippen LogP contribution < -0.4 is 5.73 Å². The van der Waals surface area contributed by atoms with Crippen molar-refractivity contribution in [2.24, 2.45) is 5.92 Å². The molecule has 1 saturated carbocycles. The lowest BCUT2D eigenvalue weighted by Crippen LogP contribution is -2.24. The fourth-order valence-electron chi connectivity index (χ4n) is 5.10. The van der Waals surface area contributed by atoms with Gasteiger partial charge in [-0.1, -0.05) is 48.0 Å². The highest BCUT2D eigenvalue weighted by Gasteiger charge is 2.30. The summed E-state index contributed by atoms with van der Waals surface area (Å²) in [7, 11) is 0.